The normalized spacial score (nSPS) is 17.9. The van der Waals surface area contributed by atoms with E-state index < -0.39 is 10.2 Å². The molecule has 0 spiro atoms. The molecule has 5 heteroatoms. The van der Waals surface area contributed by atoms with Gasteiger partial charge in [-0.1, -0.05) is 72.8 Å². The molecule has 0 radical (unpaired) electrons. The van der Waals surface area contributed by atoms with Gasteiger partial charge in [0.15, 0.2) is 0 Å². The summed E-state index contributed by atoms with van der Waals surface area (Å²) in [5.41, 5.74) is 2.47. The fourth-order valence-electron chi connectivity index (χ4n) is 2.73. The lowest BCUT2D eigenvalue weighted by Gasteiger charge is -2.36. The van der Waals surface area contributed by atoms with Gasteiger partial charge in [0.05, 0.1) is 11.7 Å². The van der Waals surface area contributed by atoms with E-state index in [1.165, 1.54) is 8.61 Å². The van der Waals surface area contributed by atoms with Gasteiger partial charge in [-0.25, -0.2) is 4.31 Å². The van der Waals surface area contributed by atoms with Gasteiger partial charge < -0.3 is 0 Å². The first-order valence-electron chi connectivity index (χ1n) is 7.72. The summed E-state index contributed by atoms with van der Waals surface area (Å²) in [6.07, 6.45) is 5.67. The summed E-state index contributed by atoms with van der Waals surface area (Å²) >= 11 is 0. The minimum Gasteiger partial charge on any atom is -0.246 e. The van der Waals surface area contributed by atoms with Crippen LogP contribution in [0.15, 0.2) is 78.9 Å². The molecule has 1 aliphatic rings. The van der Waals surface area contributed by atoms with Crippen molar-refractivity contribution in [1.29, 1.82) is 0 Å². The van der Waals surface area contributed by atoms with Crippen LogP contribution in [0.1, 0.15) is 17.2 Å². The third-order valence-corrected chi connectivity index (χ3v) is 5.80. The van der Waals surface area contributed by atoms with Gasteiger partial charge in [-0.2, -0.15) is 12.7 Å². The summed E-state index contributed by atoms with van der Waals surface area (Å²) in [5.74, 6) is 0. The predicted molar refractivity (Wildman–Crippen MR) is 97.2 cm³/mol. The molecule has 0 saturated heterocycles. The van der Waals surface area contributed by atoms with Gasteiger partial charge in [-0.05, 0) is 17.2 Å². The molecule has 1 aliphatic heterocycles. The molecule has 0 aliphatic carbocycles. The maximum atomic E-state index is 13.0. The minimum absolute atomic E-state index is 0.376. The van der Waals surface area contributed by atoms with Crippen LogP contribution >= 0.6 is 0 Å². The van der Waals surface area contributed by atoms with Crippen molar-refractivity contribution in [3.05, 3.63) is 90.0 Å². The van der Waals surface area contributed by atoms with Crippen molar-refractivity contribution in [3.63, 3.8) is 0 Å². The second-order valence-electron chi connectivity index (χ2n) is 5.74. The van der Waals surface area contributed by atoms with E-state index in [1.54, 1.807) is 14.1 Å². The van der Waals surface area contributed by atoms with Gasteiger partial charge in [0, 0.05) is 14.1 Å². The lowest BCUT2D eigenvalue weighted by molar-refractivity contribution is 0.419. The first-order valence-corrected chi connectivity index (χ1v) is 9.12. The average molecular weight is 340 g/mol. The van der Waals surface area contributed by atoms with Crippen molar-refractivity contribution in [2.45, 2.75) is 6.04 Å². The molecule has 0 bridgehead atoms. The van der Waals surface area contributed by atoms with E-state index >= 15 is 0 Å². The summed E-state index contributed by atoms with van der Waals surface area (Å²) in [6, 6.07) is 18.9. The van der Waals surface area contributed by atoms with Crippen molar-refractivity contribution in [2.75, 3.05) is 14.1 Å². The lowest BCUT2D eigenvalue weighted by atomic mass is 10.0. The predicted octanol–water partition coefficient (Wildman–Crippen LogP) is 3.45. The van der Waals surface area contributed by atoms with Crippen LogP contribution in [-0.4, -0.2) is 31.1 Å². The summed E-state index contributed by atoms with van der Waals surface area (Å²) in [4.78, 5) is 0. The highest BCUT2D eigenvalue weighted by Crippen LogP contribution is 2.37. The first kappa shape index (κ1) is 16.5. The summed E-state index contributed by atoms with van der Waals surface area (Å²) < 4.78 is 28.8. The van der Waals surface area contributed by atoms with Crippen molar-refractivity contribution in [3.8, 4) is 0 Å². The van der Waals surface area contributed by atoms with E-state index in [9.17, 15) is 8.42 Å². The highest BCUT2D eigenvalue weighted by Gasteiger charge is 2.34. The molecular formula is C19H20N2O2S. The van der Waals surface area contributed by atoms with E-state index in [-0.39, 0.29) is 6.04 Å². The third kappa shape index (κ3) is 3.00. The molecule has 2 aromatic carbocycles. The van der Waals surface area contributed by atoms with E-state index in [0.29, 0.717) is 5.70 Å². The molecule has 0 aromatic heterocycles. The molecule has 124 valence electrons. The number of hydrogen-bond donors (Lipinski definition) is 0. The van der Waals surface area contributed by atoms with Crippen LogP contribution < -0.4 is 0 Å². The fraction of sp³-hybridized carbons (Fsp3) is 0.158. The molecule has 0 N–H and O–H groups in total. The summed E-state index contributed by atoms with van der Waals surface area (Å²) in [6.45, 7) is 0. The summed E-state index contributed by atoms with van der Waals surface area (Å²) in [7, 11) is -0.540. The zero-order valence-electron chi connectivity index (χ0n) is 13.7. The molecule has 0 saturated carbocycles. The molecule has 1 unspecified atom stereocenters. The number of rotatable bonds is 4. The number of benzene rings is 2. The minimum atomic E-state index is -3.65. The maximum Gasteiger partial charge on any atom is 0.304 e. The monoisotopic (exact) mass is 340 g/mol. The van der Waals surface area contributed by atoms with Gasteiger partial charge in [-0.3, -0.25) is 0 Å². The van der Waals surface area contributed by atoms with Crippen LogP contribution in [0.2, 0.25) is 0 Å². The van der Waals surface area contributed by atoms with Crippen LogP contribution in [0.4, 0.5) is 0 Å². The average Bonchev–Trinajstić information content (AvgIpc) is 2.62. The van der Waals surface area contributed by atoms with Crippen molar-refractivity contribution in [2.24, 2.45) is 0 Å². The fourth-order valence-corrected chi connectivity index (χ4v) is 3.97. The van der Waals surface area contributed by atoms with Gasteiger partial charge >= 0.3 is 10.2 Å². The van der Waals surface area contributed by atoms with Crippen LogP contribution in [-0.2, 0) is 10.2 Å². The number of allylic oxidation sites excluding steroid dienone is 2. The van der Waals surface area contributed by atoms with Crippen LogP contribution in [0.5, 0.6) is 0 Å². The van der Waals surface area contributed by atoms with Gasteiger partial charge in [0.25, 0.3) is 0 Å². The molecule has 1 atom stereocenters. The Kier molecular flexibility index (Phi) is 4.55. The Labute approximate surface area is 143 Å². The maximum absolute atomic E-state index is 13.0. The van der Waals surface area contributed by atoms with Crippen LogP contribution in [0.3, 0.4) is 0 Å². The molecule has 0 amide bonds. The van der Waals surface area contributed by atoms with Gasteiger partial charge in [-0.15, -0.1) is 0 Å². The van der Waals surface area contributed by atoms with Crippen molar-refractivity contribution < 1.29 is 8.42 Å². The Bertz CT molecular complexity index is 857. The topological polar surface area (TPSA) is 40.6 Å². The molecular weight excluding hydrogens is 320 g/mol. The molecule has 3 rings (SSSR count). The smallest absolute Gasteiger partial charge is 0.246 e. The first-order chi connectivity index (χ1) is 11.5. The Balaban J connectivity index is 2.15. The van der Waals surface area contributed by atoms with Crippen LogP contribution in [0, 0.1) is 0 Å². The quantitative estimate of drug-likeness (QED) is 0.855. The zero-order valence-corrected chi connectivity index (χ0v) is 14.5. The second-order valence-corrected chi connectivity index (χ2v) is 7.76. The SMILES string of the molecule is CN(C)S(=O)(=O)N1C(c2ccccc2)=CC=CC1c1ccccc1. The van der Waals surface area contributed by atoms with Gasteiger partial charge in [0.2, 0.25) is 0 Å². The van der Waals surface area contributed by atoms with E-state index in [2.05, 4.69) is 0 Å². The molecule has 4 nitrogen and oxygen atoms in total. The lowest BCUT2D eigenvalue weighted by Crippen LogP contribution is -2.41. The Morgan fingerprint density at radius 2 is 1.50 bits per heavy atom. The Morgan fingerprint density at radius 3 is 2.08 bits per heavy atom. The van der Waals surface area contributed by atoms with E-state index in [0.717, 1.165) is 11.1 Å². The number of hydrogen-bond acceptors (Lipinski definition) is 2. The van der Waals surface area contributed by atoms with Crippen molar-refractivity contribution in [1.82, 2.24) is 8.61 Å². The third-order valence-electron chi connectivity index (χ3n) is 3.96. The van der Waals surface area contributed by atoms with E-state index in [1.807, 2.05) is 78.9 Å². The van der Waals surface area contributed by atoms with E-state index in [4.69, 9.17) is 0 Å². The van der Waals surface area contributed by atoms with Crippen molar-refractivity contribution >= 4 is 15.9 Å². The second kappa shape index (κ2) is 6.63. The largest absolute Gasteiger partial charge is 0.304 e. The standard InChI is InChI=1S/C19H20N2O2S/c1-20(2)24(22,23)21-18(16-10-5-3-6-11-16)14-9-15-19(21)17-12-7-4-8-13-17/h3-15,18H,1-2H3. The molecule has 0 fully saturated rings. The number of nitrogens with zero attached hydrogens (tertiary/aromatic N) is 2. The molecule has 2 aromatic rings. The van der Waals surface area contributed by atoms with Crippen LogP contribution in [0.25, 0.3) is 5.70 Å². The molecule has 24 heavy (non-hydrogen) atoms. The Hall–Kier alpha value is -2.37. The zero-order chi connectivity index (χ0) is 17.2. The highest BCUT2D eigenvalue weighted by atomic mass is 32.2. The Morgan fingerprint density at radius 1 is 0.917 bits per heavy atom. The van der Waals surface area contributed by atoms with Gasteiger partial charge in [0.1, 0.15) is 0 Å². The molecule has 1 heterocycles. The summed E-state index contributed by atoms with van der Waals surface area (Å²) in [5, 5.41) is 0. The highest BCUT2D eigenvalue weighted by molar-refractivity contribution is 7.87.